The Bertz CT molecular complexity index is 547. The van der Waals surface area contributed by atoms with E-state index in [4.69, 9.17) is 0 Å². The fourth-order valence-corrected chi connectivity index (χ4v) is 2.37. The van der Waals surface area contributed by atoms with Gasteiger partial charge in [-0.15, -0.1) is 0 Å². The predicted molar refractivity (Wildman–Crippen MR) is 92.2 cm³/mol. The predicted octanol–water partition coefficient (Wildman–Crippen LogP) is 0.966. The Morgan fingerprint density at radius 1 is 1.39 bits per heavy atom. The van der Waals surface area contributed by atoms with Gasteiger partial charge in [0.2, 0.25) is 5.91 Å². The van der Waals surface area contributed by atoms with Crippen LogP contribution in [-0.2, 0) is 11.2 Å². The monoisotopic (exact) mass is 315 g/mol. The molecule has 1 amide bonds. The molecule has 0 aromatic carbocycles. The Kier molecular flexibility index (Phi) is 6.59. The lowest BCUT2D eigenvalue weighted by Crippen LogP contribution is -2.46. The molecular formula is C17H25N5O. The van der Waals surface area contributed by atoms with E-state index in [0.29, 0.717) is 18.5 Å². The molecule has 1 heterocycles. The molecule has 1 aliphatic carbocycles. The van der Waals surface area contributed by atoms with E-state index in [1.807, 2.05) is 25.2 Å². The van der Waals surface area contributed by atoms with E-state index in [9.17, 15) is 4.79 Å². The zero-order chi connectivity index (χ0) is 16.5. The second-order valence-electron chi connectivity index (χ2n) is 5.60. The van der Waals surface area contributed by atoms with Crippen LogP contribution >= 0.6 is 0 Å². The highest BCUT2D eigenvalue weighted by Gasteiger charge is 2.13. The van der Waals surface area contributed by atoms with Crippen molar-refractivity contribution in [1.82, 2.24) is 20.5 Å². The second-order valence-corrected chi connectivity index (χ2v) is 5.60. The average Bonchev–Trinajstić information content (AvgIpc) is 3.10. The highest BCUT2D eigenvalue weighted by Crippen LogP contribution is 2.08. The largest absolute Gasteiger partial charge is 0.353 e. The molecule has 2 N–H and O–H groups in total. The standard InChI is InChI=1S/C17H25N5O/c1-18-17(21-15-8-3-4-9-15)20-13-16(23)22(2)12-10-14-7-5-6-11-19-14/h3-7,11,15H,8-10,12-13H2,1-2H3,(H2,18,20,21). The van der Waals surface area contributed by atoms with Crippen molar-refractivity contribution in [3.63, 3.8) is 0 Å². The van der Waals surface area contributed by atoms with Gasteiger partial charge in [-0.3, -0.25) is 14.8 Å². The summed E-state index contributed by atoms with van der Waals surface area (Å²) < 4.78 is 0. The number of nitrogens with one attached hydrogen (secondary N) is 2. The SMILES string of the molecule is CN=C(NCC(=O)N(C)CCc1ccccn1)NC1CC=CC1. The van der Waals surface area contributed by atoms with Gasteiger partial charge in [-0.25, -0.2) is 0 Å². The molecule has 6 heteroatoms. The molecule has 0 saturated carbocycles. The number of likely N-dealkylation sites (N-methyl/N-ethyl adjacent to an activating group) is 1. The molecule has 1 aromatic heterocycles. The van der Waals surface area contributed by atoms with Crippen LogP contribution in [0, 0.1) is 0 Å². The molecule has 124 valence electrons. The van der Waals surface area contributed by atoms with Gasteiger partial charge in [0.05, 0.1) is 6.54 Å². The van der Waals surface area contributed by atoms with Crippen molar-refractivity contribution in [2.24, 2.45) is 4.99 Å². The first-order valence-electron chi connectivity index (χ1n) is 7.95. The first-order chi connectivity index (χ1) is 11.2. The highest BCUT2D eigenvalue weighted by atomic mass is 16.2. The Labute approximate surface area is 137 Å². The number of aliphatic imine (C=N–C) groups is 1. The van der Waals surface area contributed by atoms with Crippen LogP contribution in [-0.4, -0.2) is 55.0 Å². The lowest BCUT2D eigenvalue weighted by atomic mass is 10.2. The topological polar surface area (TPSA) is 69.6 Å². The molecule has 1 aliphatic rings. The third kappa shape index (κ3) is 5.73. The van der Waals surface area contributed by atoms with Crippen molar-refractivity contribution in [3.8, 4) is 0 Å². The Morgan fingerprint density at radius 3 is 2.83 bits per heavy atom. The van der Waals surface area contributed by atoms with Crippen molar-refractivity contribution in [2.45, 2.75) is 25.3 Å². The molecular weight excluding hydrogens is 290 g/mol. The zero-order valence-electron chi connectivity index (χ0n) is 13.8. The third-order valence-corrected chi connectivity index (χ3v) is 3.83. The maximum Gasteiger partial charge on any atom is 0.241 e. The average molecular weight is 315 g/mol. The quantitative estimate of drug-likeness (QED) is 0.466. The van der Waals surface area contributed by atoms with E-state index >= 15 is 0 Å². The number of carbonyl (C=O) groups is 1. The summed E-state index contributed by atoms with van der Waals surface area (Å²) in [6, 6.07) is 6.19. The number of amides is 1. The minimum Gasteiger partial charge on any atom is -0.353 e. The molecule has 0 spiro atoms. The van der Waals surface area contributed by atoms with Crippen LogP contribution in [0.3, 0.4) is 0 Å². The molecule has 0 radical (unpaired) electrons. The van der Waals surface area contributed by atoms with Gasteiger partial charge >= 0.3 is 0 Å². The lowest BCUT2D eigenvalue weighted by Gasteiger charge is -2.20. The van der Waals surface area contributed by atoms with Crippen LogP contribution in [0.25, 0.3) is 0 Å². The van der Waals surface area contributed by atoms with Crippen LogP contribution in [0.1, 0.15) is 18.5 Å². The summed E-state index contributed by atoms with van der Waals surface area (Å²) in [4.78, 5) is 22.3. The summed E-state index contributed by atoms with van der Waals surface area (Å²) in [5, 5.41) is 6.39. The van der Waals surface area contributed by atoms with Gasteiger partial charge in [-0.2, -0.15) is 0 Å². The van der Waals surface area contributed by atoms with Crippen LogP contribution in [0.15, 0.2) is 41.5 Å². The van der Waals surface area contributed by atoms with Crippen molar-refractivity contribution < 1.29 is 4.79 Å². The minimum atomic E-state index is 0.0356. The van der Waals surface area contributed by atoms with Crippen molar-refractivity contribution in [2.75, 3.05) is 27.2 Å². The van der Waals surface area contributed by atoms with Crippen molar-refractivity contribution in [1.29, 1.82) is 0 Å². The number of aromatic nitrogens is 1. The highest BCUT2D eigenvalue weighted by molar-refractivity contribution is 5.86. The van der Waals surface area contributed by atoms with Gasteiger partial charge in [-0.05, 0) is 25.0 Å². The molecule has 0 fully saturated rings. The van der Waals surface area contributed by atoms with Crippen LogP contribution in [0.5, 0.6) is 0 Å². The van der Waals surface area contributed by atoms with Crippen molar-refractivity contribution >= 4 is 11.9 Å². The summed E-state index contributed by atoms with van der Waals surface area (Å²) in [6.45, 7) is 0.884. The van der Waals surface area contributed by atoms with Gasteiger partial charge in [0.15, 0.2) is 5.96 Å². The minimum absolute atomic E-state index is 0.0356. The van der Waals surface area contributed by atoms with E-state index in [2.05, 4.69) is 32.8 Å². The lowest BCUT2D eigenvalue weighted by molar-refractivity contribution is -0.128. The first kappa shape index (κ1) is 17.0. The summed E-state index contributed by atoms with van der Waals surface area (Å²) in [7, 11) is 3.52. The molecule has 0 atom stereocenters. The molecule has 0 aliphatic heterocycles. The number of pyridine rings is 1. The Hall–Kier alpha value is -2.37. The first-order valence-corrected chi connectivity index (χ1v) is 7.95. The van der Waals surface area contributed by atoms with Gasteiger partial charge in [0, 0.05) is 45.0 Å². The molecule has 6 nitrogen and oxygen atoms in total. The van der Waals surface area contributed by atoms with E-state index in [1.54, 1.807) is 18.1 Å². The number of carbonyl (C=O) groups excluding carboxylic acids is 1. The summed E-state index contributed by atoms with van der Waals surface area (Å²) in [5.74, 6) is 0.707. The molecule has 0 bridgehead atoms. The third-order valence-electron chi connectivity index (χ3n) is 3.83. The van der Waals surface area contributed by atoms with Gasteiger partial charge < -0.3 is 15.5 Å². The van der Waals surface area contributed by atoms with Gasteiger partial charge in [0.25, 0.3) is 0 Å². The molecule has 0 saturated heterocycles. The van der Waals surface area contributed by atoms with Gasteiger partial charge in [-0.1, -0.05) is 18.2 Å². The zero-order valence-corrected chi connectivity index (χ0v) is 13.8. The summed E-state index contributed by atoms with van der Waals surface area (Å²) in [6.07, 6.45) is 8.83. The fraction of sp³-hybridized carbons (Fsp3) is 0.471. The smallest absolute Gasteiger partial charge is 0.241 e. The van der Waals surface area contributed by atoms with E-state index in [0.717, 1.165) is 25.0 Å². The Balaban J connectivity index is 1.70. The fourth-order valence-electron chi connectivity index (χ4n) is 2.37. The van der Waals surface area contributed by atoms with E-state index in [1.165, 1.54) is 0 Å². The molecule has 0 unspecified atom stereocenters. The number of guanidine groups is 1. The molecule has 23 heavy (non-hydrogen) atoms. The number of rotatable bonds is 6. The number of nitrogens with zero attached hydrogens (tertiary/aromatic N) is 3. The van der Waals surface area contributed by atoms with E-state index in [-0.39, 0.29) is 12.5 Å². The van der Waals surface area contributed by atoms with Crippen LogP contribution < -0.4 is 10.6 Å². The summed E-state index contributed by atoms with van der Waals surface area (Å²) >= 11 is 0. The molecule has 1 aromatic rings. The number of hydrogen-bond donors (Lipinski definition) is 2. The van der Waals surface area contributed by atoms with E-state index < -0.39 is 0 Å². The van der Waals surface area contributed by atoms with Crippen molar-refractivity contribution in [3.05, 3.63) is 42.2 Å². The van der Waals surface area contributed by atoms with Crippen LogP contribution in [0.4, 0.5) is 0 Å². The normalized spacial score (nSPS) is 14.8. The second kappa shape index (κ2) is 8.92. The number of hydrogen-bond acceptors (Lipinski definition) is 3. The summed E-state index contributed by atoms with van der Waals surface area (Å²) in [5.41, 5.74) is 0.992. The van der Waals surface area contributed by atoms with Crippen LogP contribution in [0.2, 0.25) is 0 Å². The Morgan fingerprint density at radius 2 is 2.17 bits per heavy atom. The molecule has 2 rings (SSSR count). The maximum absolute atomic E-state index is 12.2. The maximum atomic E-state index is 12.2. The van der Waals surface area contributed by atoms with Gasteiger partial charge in [0.1, 0.15) is 0 Å².